The van der Waals surface area contributed by atoms with Crippen molar-refractivity contribution in [1.82, 2.24) is 0 Å². The molecular formula is C13H13F5O4S. The zero-order valence-corrected chi connectivity index (χ0v) is 12.7. The highest BCUT2D eigenvalue weighted by Gasteiger charge is 2.65. The molecule has 0 unspecified atom stereocenters. The molecule has 0 aliphatic heterocycles. The number of hydrogen-bond donors (Lipinski definition) is 0. The fourth-order valence-corrected chi connectivity index (χ4v) is 1.97. The third-order valence-electron chi connectivity index (χ3n) is 2.43. The SMILES string of the molecule is C=C(C)C(=O)OCCOC(=O)c1ccc(S(F)(F)(F)(F)F)cc1. The van der Waals surface area contributed by atoms with Crippen molar-refractivity contribution >= 4 is 22.2 Å². The number of ether oxygens (including phenoxy) is 2. The minimum absolute atomic E-state index is 0.110. The molecule has 1 aromatic rings. The lowest BCUT2D eigenvalue weighted by Crippen LogP contribution is -2.14. The van der Waals surface area contributed by atoms with E-state index in [9.17, 15) is 29.0 Å². The predicted octanol–water partition coefficient (Wildman–Crippen LogP) is 4.62. The lowest BCUT2D eigenvalue weighted by Gasteiger charge is -2.40. The van der Waals surface area contributed by atoms with Gasteiger partial charge >= 0.3 is 22.2 Å². The normalized spacial score (nSPS) is 14.3. The van der Waals surface area contributed by atoms with Gasteiger partial charge in [-0.25, -0.2) is 9.59 Å². The van der Waals surface area contributed by atoms with Crippen LogP contribution >= 0.6 is 10.2 Å². The minimum atomic E-state index is -9.77. The van der Waals surface area contributed by atoms with Gasteiger partial charge in [-0.05, 0) is 31.2 Å². The molecule has 0 atom stereocenters. The molecule has 4 nitrogen and oxygen atoms in total. The number of esters is 2. The monoisotopic (exact) mass is 360 g/mol. The van der Waals surface area contributed by atoms with Gasteiger partial charge in [-0.2, -0.15) is 0 Å². The van der Waals surface area contributed by atoms with E-state index in [0.717, 1.165) is 0 Å². The van der Waals surface area contributed by atoms with Crippen molar-refractivity contribution in [2.75, 3.05) is 13.2 Å². The van der Waals surface area contributed by atoms with Gasteiger partial charge in [0.25, 0.3) is 0 Å². The Balaban J connectivity index is 2.63. The van der Waals surface area contributed by atoms with Gasteiger partial charge in [0, 0.05) is 5.57 Å². The molecule has 0 heterocycles. The molecule has 0 aliphatic carbocycles. The molecule has 0 bridgehead atoms. The summed E-state index contributed by atoms with van der Waals surface area (Å²) in [5, 5.41) is 0. The van der Waals surface area contributed by atoms with Gasteiger partial charge in [0.15, 0.2) is 0 Å². The molecule has 0 fully saturated rings. The number of carbonyl (C=O) groups excluding carboxylic acids is 2. The smallest absolute Gasteiger partial charge is 0.338 e. The fourth-order valence-electron chi connectivity index (χ4n) is 1.32. The van der Waals surface area contributed by atoms with Gasteiger partial charge in [0.2, 0.25) is 0 Å². The van der Waals surface area contributed by atoms with Crippen LogP contribution in [0.2, 0.25) is 0 Å². The van der Waals surface area contributed by atoms with Crippen LogP contribution in [-0.2, 0) is 14.3 Å². The summed E-state index contributed by atoms with van der Waals surface area (Å²) in [4.78, 5) is 20.4. The van der Waals surface area contributed by atoms with E-state index in [2.05, 4.69) is 16.1 Å². The molecule has 0 saturated heterocycles. The molecule has 0 amide bonds. The van der Waals surface area contributed by atoms with Crippen LogP contribution in [0.5, 0.6) is 0 Å². The number of halogens is 5. The summed E-state index contributed by atoms with van der Waals surface area (Å²) >= 11 is 0. The van der Waals surface area contributed by atoms with Gasteiger partial charge < -0.3 is 9.47 Å². The predicted molar refractivity (Wildman–Crippen MR) is 73.9 cm³/mol. The maximum atomic E-state index is 12.5. The van der Waals surface area contributed by atoms with Crippen molar-refractivity contribution in [3.05, 3.63) is 42.0 Å². The number of carbonyl (C=O) groups is 2. The molecule has 0 N–H and O–H groups in total. The van der Waals surface area contributed by atoms with Crippen molar-refractivity contribution in [3.63, 3.8) is 0 Å². The Morgan fingerprint density at radius 3 is 1.91 bits per heavy atom. The zero-order chi connectivity index (χ0) is 18.0. The van der Waals surface area contributed by atoms with Crippen LogP contribution in [0.15, 0.2) is 41.3 Å². The topological polar surface area (TPSA) is 52.6 Å². The first-order valence-electron chi connectivity index (χ1n) is 6.04. The maximum Gasteiger partial charge on any atom is 0.338 e. The first-order chi connectivity index (χ1) is 10.2. The van der Waals surface area contributed by atoms with Crippen molar-refractivity contribution < 1.29 is 38.5 Å². The van der Waals surface area contributed by atoms with Gasteiger partial charge in [-0.3, -0.25) is 0 Å². The summed E-state index contributed by atoms with van der Waals surface area (Å²) in [7, 11) is -9.77. The van der Waals surface area contributed by atoms with Gasteiger partial charge in [0.05, 0.1) is 5.56 Å². The lowest BCUT2D eigenvalue weighted by molar-refractivity contribution is -0.140. The average Bonchev–Trinajstić information content (AvgIpc) is 2.40. The van der Waals surface area contributed by atoms with E-state index >= 15 is 0 Å². The highest BCUT2D eigenvalue weighted by Crippen LogP contribution is 3.02. The van der Waals surface area contributed by atoms with Crippen LogP contribution in [0.4, 0.5) is 19.4 Å². The molecule has 1 aromatic carbocycles. The maximum absolute atomic E-state index is 12.5. The molecule has 0 aliphatic rings. The summed E-state index contributed by atoms with van der Waals surface area (Å²) in [6.45, 7) is 4.11. The molecule has 0 saturated carbocycles. The molecule has 23 heavy (non-hydrogen) atoms. The second-order valence-corrected chi connectivity index (χ2v) is 6.95. The molecule has 0 spiro atoms. The molecule has 0 aromatic heterocycles. The highest BCUT2D eigenvalue weighted by atomic mass is 32.5. The van der Waals surface area contributed by atoms with Crippen LogP contribution in [-0.4, -0.2) is 25.2 Å². The second kappa shape index (κ2) is 5.52. The summed E-state index contributed by atoms with van der Waals surface area (Å²) in [6, 6.07) is 1.38. The van der Waals surface area contributed by atoms with E-state index in [1.807, 2.05) is 0 Å². The summed E-state index contributed by atoms with van der Waals surface area (Å²) in [5.41, 5.74) is -0.204. The first-order valence-corrected chi connectivity index (χ1v) is 8.00. The minimum Gasteiger partial charge on any atom is -0.459 e. The molecule has 10 heteroatoms. The van der Waals surface area contributed by atoms with Gasteiger partial charge in [-0.15, -0.1) is 0 Å². The summed E-state index contributed by atoms with van der Waals surface area (Å²) in [6.07, 6.45) is 0. The average molecular weight is 360 g/mol. The standard InChI is InChI=1S/C13H13F5O4S/c1-9(2)12(19)21-7-8-22-13(20)10-3-5-11(6-4-10)23(14,15,16,17)18/h3-6H,1,7-8H2,2H3. The van der Waals surface area contributed by atoms with Crippen LogP contribution in [0.3, 0.4) is 0 Å². The van der Waals surface area contributed by atoms with E-state index in [4.69, 9.17) is 0 Å². The highest BCUT2D eigenvalue weighted by molar-refractivity contribution is 8.45. The first kappa shape index (κ1) is 18.9. The van der Waals surface area contributed by atoms with E-state index < -0.39 is 27.1 Å². The lowest BCUT2D eigenvalue weighted by atomic mass is 10.2. The van der Waals surface area contributed by atoms with E-state index in [-0.39, 0.29) is 36.5 Å². The van der Waals surface area contributed by atoms with E-state index in [1.165, 1.54) is 6.92 Å². The Bertz CT molecular complexity index is 637. The van der Waals surface area contributed by atoms with Crippen molar-refractivity contribution in [3.8, 4) is 0 Å². The van der Waals surface area contributed by atoms with Crippen molar-refractivity contribution in [2.45, 2.75) is 11.8 Å². The van der Waals surface area contributed by atoms with Crippen LogP contribution in [0.25, 0.3) is 0 Å². The van der Waals surface area contributed by atoms with Gasteiger partial charge in [0.1, 0.15) is 18.1 Å². The molecule has 0 radical (unpaired) electrons. The number of rotatable bonds is 6. The Morgan fingerprint density at radius 1 is 1.00 bits per heavy atom. The number of hydrogen-bond acceptors (Lipinski definition) is 4. The third kappa shape index (κ3) is 5.89. The van der Waals surface area contributed by atoms with Crippen LogP contribution in [0, 0.1) is 0 Å². The molecular weight excluding hydrogens is 347 g/mol. The van der Waals surface area contributed by atoms with Gasteiger partial charge in [-0.1, -0.05) is 26.0 Å². The van der Waals surface area contributed by atoms with E-state index in [1.54, 1.807) is 0 Å². The Hall–Kier alpha value is -2.10. The zero-order valence-electron chi connectivity index (χ0n) is 11.9. The van der Waals surface area contributed by atoms with Crippen LogP contribution in [0.1, 0.15) is 17.3 Å². The molecule has 1 rings (SSSR count). The largest absolute Gasteiger partial charge is 0.459 e. The summed E-state index contributed by atoms with van der Waals surface area (Å²) < 4.78 is 71.7. The Kier molecular flexibility index (Phi) is 4.54. The quantitative estimate of drug-likeness (QED) is 0.321. The Morgan fingerprint density at radius 2 is 1.48 bits per heavy atom. The third-order valence-corrected chi connectivity index (χ3v) is 3.60. The fraction of sp³-hybridized carbons (Fsp3) is 0.231. The second-order valence-electron chi connectivity index (χ2n) is 4.55. The van der Waals surface area contributed by atoms with Crippen molar-refractivity contribution in [2.24, 2.45) is 0 Å². The van der Waals surface area contributed by atoms with E-state index in [0.29, 0.717) is 12.1 Å². The Labute approximate surface area is 128 Å². The van der Waals surface area contributed by atoms with Crippen molar-refractivity contribution in [1.29, 1.82) is 0 Å². The van der Waals surface area contributed by atoms with Crippen LogP contribution < -0.4 is 0 Å². The molecule has 130 valence electrons. The number of benzene rings is 1. The summed E-state index contributed by atoms with van der Waals surface area (Å²) in [5.74, 6) is -1.73.